The molecule has 0 aliphatic carbocycles. The maximum Gasteiger partial charge on any atom is 0.138 e. The van der Waals surface area contributed by atoms with Crippen molar-refractivity contribution in [1.82, 2.24) is 9.38 Å². The van der Waals surface area contributed by atoms with Gasteiger partial charge in [-0.2, -0.15) is 0 Å². The second kappa shape index (κ2) is 8.96. The molecule has 0 bridgehead atoms. The first-order chi connectivity index (χ1) is 16.1. The van der Waals surface area contributed by atoms with E-state index in [1.54, 1.807) is 18.4 Å². The van der Waals surface area contributed by atoms with Gasteiger partial charge in [-0.15, -0.1) is 11.3 Å². The van der Waals surface area contributed by atoms with Crippen LogP contribution in [0.3, 0.4) is 0 Å². The molecule has 0 aliphatic heterocycles. The van der Waals surface area contributed by atoms with E-state index in [0.717, 1.165) is 28.2 Å². The van der Waals surface area contributed by atoms with Crippen LogP contribution in [0.4, 0.5) is 5.69 Å². The fourth-order valence-corrected chi connectivity index (χ4v) is 4.62. The van der Waals surface area contributed by atoms with E-state index in [1.165, 1.54) is 21.0 Å². The average molecular weight is 452 g/mol. The molecule has 4 nitrogen and oxygen atoms in total. The number of anilines is 1. The number of fused-ring (bicyclic) bond motifs is 1. The summed E-state index contributed by atoms with van der Waals surface area (Å²) in [6.45, 7) is 0. The van der Waals surface area contributed by atoms with Gasteiger partial charge in [0, 0.05) is 47.5 Å². The Labute approximate surface area is 198 Å². The molecule has 5 aromatic rings. The maximum atomic E-state index is 5.25. The summed E-state index contributed by atoms with van der Waals surface area (Å²) >= 11 is 1.80. The van der Waals surface area contributed by atoms with Crippen LogP contribution in [-0.2, 0) is 0 Å². The van der Waals surface area contributed by atoms with E-state index >= 15 is 0 Å². The van der Waals surface area contributed by atoms with E-state index in [4.69, 9.17) is 9.72 Å². The molecule has 5 heteroatoms. The standard InChI is InChI=1S/C28H25N3OS/c1-30(2)23-9-5-22(6-10-23)27-15-14-25(33-27)13-4-20-16-17-31-19-26(29-28(31)18-20)21-7-11-24(32-3)12-8-21/h4-19H,1-3H3/b13-4+. The SMILES string of the molecule is COc1ccc(-c2cn3ccc(/C=C/c4ccc(-c5ccc(N(C)C)cc5)s4)cc3n2)cc1. The molecule has 0 N–H and O–H groups in total. The van der Waals surface area contributed by atoms with Crippen LogP contribution in [0, 0.1) is 0 Å². The third-order valence-electron chi connectivity index (χ3n) is 5.61. The zero-order valence-corrected chi connectivity index (χ0v) is 19.7. The van der Waals surface area contributed by atoms with Crippen LogP contribution in [0.5, 0.6) is 5.75 Å². The van der Waals surface area contributed by atoms with Gasteiger partial charge in [-0.1, -0.05) is 18.2 Å². The summed E-state index contributed by atoms with van der Waals surface area (Å²) in [5.74, 6) is 0.845. The quantitative estimate of drug-likeness (QED) is 0.279. The van der Waals surface area contributed by atoms with Gasteiger partial charge in [0.25, 0.3) is 0 Å². The minimum absolute atomic E-state index is 0.845. The van der Waals surface area contributed by atoms with Gasteiger partial charge in [0.2, 0.25) is 0 Å². The highest BCUT2D eigenvalue weighted by Gasteiger charge is 2.06. The van der Waals surface area contributed by atoms with Crippen LogP contribution in [0.1, 0.15) is 10.4 Å². The van der Waals surface area contributed by atoms with E-state index in [2.05, 4.69) is 96.5 Å². The summed E-state index contributed by atoms with van der Waals surface area (Å²) in [5, 5.41) is 0. The molecule has 0 spiro atoms. The van der Waals surface area contributed by atoms with Gasteiger partial charge in [-0.3, -0.25) is 0 Å². The van der Waals surface area contributed by atoms with E-state index in [1.807, 2.05) is 24.3 Å². The Morgan fingerprint density at radius 2 is 1.64 bits per heavy atom. The van der Waals surface area contributed by atoms with Crippen LogP contribution in [0.2, 0.25) is 0 Å². The van der Waals surface area contributed by atoms with Crippen molar-refractivity contribution >= 4 is 34.8 Å². The number of ether oxygens (including phenoxy) is 1. The van der Waals surface area contributed by atoms with E-state index in [9.17, 15) is 0 Å². The highest BCUT2D eigenvalue weighted by molar-refractivity contribution is 7.16. The number of hydrogen-bond donors (Lipinski definition) is 0. The van der Waals surface area contributed by atoms with Crippen LogP contribution in [0.15, 0.2) is 85.2 Å². The lowest BCUT2D eigenvalue weighted by Gasteiger charge is -2.12. The van der Waals surface area contributed by atoms with Gasteiger partial charge >= 0.3 is 0 Å². The molecule has 0 atom stereocenters. The van der Waals surface area contributed by atoms with Crippen LogP contribution in [0.25, 0.3) is 39.5 Å². The summed E-state index contributed by atoms with van der Waals surface area (Å²) in [6.07, 6.45) is 8.42. The van der Waals surface area contributed by atoms with E-state index < -0.39 is 0 Å². The van der Waals surface area contributed by atoms with Crippen LogP contribution in [-0.4, -0.2) is 30.6 Å². The van der Waals surface area contributed by atoms with Crippen LogP contribution >= 0.6 is 11.3 Å². The van der Waals surface area contributed by atoms with Gasteiger partial charge in [-0.25, -0.2) is 4.98 Å². The first-order valence-corrected chi connectivity index (χ1v) is 11.6. The number of benzene rings is 2. The molecule has 0 radical (unpaired) electrons. The minimum Gasteiger partial charge on any atom is -0.497 e. The summed E-state index contributed by atoms with van der Waals surface area (Å²) in [5.41, 5.74) is 6.52. The van der Waals surface area contributed by atoms with Crippen LogP contribution < -0.4 is 9.64 Å². The van der Waals surface area contributed by atoms with Gasteiger partial charge in [0.1, 0.15) is 11.4 Å². The Kier molecular flexibility index (Phi) is 5.71. The molecule has 0 unspecified atom stereocenters. The molecule has 33 heavy (non-hydrogen) atoms. The van der Waals surface area contributed by atoms with Crippen molar-refractivity contribution in [2.24, 2.45) is 0 Å². The van der Waals surface area contributed by atoms with Crippen molar-refractivity contribution in [3.05, 3.63) is 95.6 Å². The van der Waals surface area contributed by atoms with Crippen molar-refractivity contribution in [3.8, 4) is 27.4 Å². The van der Waals surface area contributed by atoms with Crippen molar-refractivity contribution in [2.45, 2.75) is 0 Å². The highest BCUT2D eigenvalue weighted by Crippen LogP contribution is 2.30. The number of thiophene rings is 1. The predicted octanol–water partition coefficient (Wildman–Crippen LogP) is 6.97. The number of hydrogen-bond acceptors (Lipinski definition) is 4. The smallest absolute Gasteiger partial charge is 0.138 e. The van der Waals surface area contributed by atoms with E-state index in [-0.39, 0.29) is 0 Å². The highest BCUT2D eigenvalue weighted by atomic mass is 32.1. The largest absolute Gasteiger partial charge is 0.497 e. The Morgan fingerprint density at radius 1 is 0.879 bits per heavy atom. The summed E-state index contributed by atoms with van der Waals surface area (Å²) in [6, 6.07) is 25.2. The molecule has 2 aromatic carbocycles. The third kappa shape index (κ3) is 4.54. The molecule has 0 saturated heterocycles. The first-order valence-electron chi connectivity index (χ1n) is 10.8. The monoisotopic (exact) mass is 451 g/mol. The average Bonchev–Trinajstić information content (AvgIpc) is 3.50. The van der Waals surface area contributed by atoms with Crippen molar-refractivity contribution < 1.29 is 4.74 Å². The van der Waals surface area contributed by atoms with Gasteiger partial charge < -0.3 is 14.0 Å². The molecule has 3 heterocycles. The molecule has 5 rings (SSSR count). The molecule has 0 amide bonds. The van der Waals surface area contributed by atoms with Crippen molar-refractivity contribution in [2.75, 3.05) is 26.1 Å². The number of imidazole rings is 1. The first kappa shape index (κ1) is 21.0. The lowest BCUT2D eigenvalue weighted by atomic mass is 10.1. The van der Waals surface area contributed by atoms with Crippen molar-refractivity contribution in [1.29, 1.82) is 0 Å². The Bertz CT molecular complexity index is 1410. The Morgan fingerprint density at radius 3 is 2.36 bits per heavy atom. The third-order valence-corrected chi connectivity index (χ3v) is 6.70. The molecule has 3 aromatic heterocycles. The second-order valence-electron chi connectivity index (χ2n) is 8.06. The number of rotatable bonds is 6. The topological polar surface area (TPSA) is 29.8 Å². The van der Waals surface area contributed by atoms with Gasteiger partial charge in [-0.05, 0) is 77.9 Å². The molecular formula is C28H25N3OS. The summed E-state index contributed by atoms with van der Waals surface area (Å²) < 4.78 is 7.30. The molecule has 0 fully saturated rings. The van der Waals surface area contributed by atoms with Gasteiger partial charge in [0.15, 0.2) is 0 Å². The number of aromatic nitrogens is 2. The molecule has 0 aliphatic rings. The second-order valence-corrected chi connectivity index (χ2v) is 9.17. The fraction of sp³-hybridized carbons (Fsp3) is 0.107. The Balaban J connectivity index is 1.34. The van der Waals surface area contributed by atoms with E-state index in [0.29, 0.717) is 0 Å². The lowest BCUT2D eigenvalue weighted by molar-refractivity contribution is 0.415. The number of nitrogens with zero attached hydrogens (tertiary/aromatic N) is 3. The minimum atomic E-state index is 0.845. The van der Waals surface area contributed by atoms with Crippen molar-refractivity contribution in [3.63, 3.8) is 0 Å². The Hall–Kier alpha value is -3.83. The lowest BCUT2D eigenvalue weighted by Crippen LogP contribution is -2.07. The van der Waals surface area contributed by atoms with Gasteiger partial charge in [0.05, 0.1) is 12.8 Å². The fourth-order valence-electron chi connectivity index (χ4n) is 3.70. The maximum absolute atomic E-state index is 5.25. The summed E-state index contributed by atoms with van der Waals surface area (Å²) in [4.78, 5) is 9.42. The zero-order chi connectivity index (χ0) is 22.8. The number of methoxy groups -OCH3 is 1. The summed E-state index contributed by atoms with van der Waals surface area (Å²) in [7, 11) is 5.79. The molecule has 164 valence electrons. The zero-order valence-electron chi connectivity index (χ0n) is 18.9. The molecular weight excluding hydrogens is 426 g/mol. The molecule has 0 saturated carbocycles. The normalized spacial score (nSPS) is 11.4. The number of pyridine rings is 1. The predicted molar refractivity (Wildman–Crippen MR) is 140 cm³/mol.